The number of nitrogens with one attached hydrogen (secondary N) is 1. The van der Waals surface area contributed by atoms with Crippen molar-refractivity contribution in [1.82, 2.24) is 5.32 Å². The topological polar surface area (TPSA) is 25.2 Å². The molecule has 0 saturated heterocycles. The maximum Gasteiger partial charge on any atom is 0.129 e. The predicted molar refractivity (Wildman–Crippen MR) is 65.4 cm³/mol. The molecule has 0 amide bonds. The van der Waals surface area contributed by atoms with E-state index in [0.717, 1.165) is 11.5 Å². The third-order valence-corrected chi connectivity index (χ3v) is 2.81. The van der Waals surface area contributed by atoms with E-state index in [0.29, 0.717) is 23.7 Å². The van der Waals surface area contributed by atoms with Crippen LogP contribution >= 0.6 is 11.6 Å². The molecular weight excluding hydrogens is 241 g/mol. The number of furan rings is 1. The fourth-order valence-corrected chi connectivity index (χ4v) is 1.82. The van der Waals surface area contributed by atoms with Gasteiger partial charge in [0.05, 0.1) is 6.54 Å². The van der Waals surface area contributed by atoms with Crippen LogP contribution in [-0.2, 0) is 13.1 Å². The van der Waals surface area contributed by atoms with Gasteiger partial charge < -0.3 is 9.73 Å². The van der Waals surface area contributed by atoms with Gasteiger partial charge in [-0.1, -0.05) is 17.7 Å². The number of rotatable bonds is 4. The number of hydrogen-bond acceptors (Lipinski definition) is 2. The van der Waals surface area contributed by atoms with Gasteiger partial charge in [0.25, 0.3) is 0 Å². The van der Waals surface area contributed by atoms with Crippen molar-refractivity contribution < 1.29 is 8.81 Å². The van der Waals surface area contributed by atoms with Crippen LogP contribution in [-0.4, -0.2) is 0 Å². The highest BCUT2D eigenvalue weighted by Crippen LogP contribution is 2.18. The molecule has 2 nitrogen and oxygen atoms in total. The lowest BCUT2D eigenvalue weighted by Crippen LogP contribution is -2.13. The van der Waals surface area contributed by atoms with E-state index in [9.17, 15) is 4.39 Å². The molecule has 1 N–H and O–H groups in total. The van der Waals surface area contributed by atoms with Crippen LogP contribution in [0.1, 0.15) is 17.1 Å². The fraction of sp³-hybridized carbons (Fsp3) is 0.231. The third kappa shape index (κ3) is 3.08. The molecule has 1 aromatic heterocycles. The Morgan fingerprint density at radius 2 is 2.06 bits per heavy atom. The molecule has 0 unspecified atom stereocenters. The summed E-state index contributed by atoms with van der Waals surface area (Å²) in [7, 11) is 0. The number of benzene rings is 1. The Morgan fingerprint density at radius 3 is 2.71 bits per heavy atom. The van der Waals surface area contributed by atoms with Gasteiger partial charge in [-0.25, -0.2) is 4.39 Å². The summed E-state index contributed by atoms with van der Waals surface area (Å²) in [4.78, 5) is 0. The van der Waals surface area contributed by atoms with E-state index < -0.39 is 0 Å². The molecule has 0 spiro atoms. The molecule has 0 aliphatic rings. The van der Waals surface area contributed by atoms with Crippen molar-refractivity contribution in [3.63, 3.8) is 0 Å². The Hall–Kier alpha value is -1.32. The smallest absolute Gasteiger partial charge is 0.129 e. The van der Waals surface area contributed by atoms with Gasteiger partial charge in [0.1, 0.15) is 17.3 Å². The third-order valence-electron chi connectivity index (χ3n) is 2.46. The van der Waals surface area contributed by atoms with Crippen molar-refractivity contribution in [2.45, 2.75) is 20.0 Å². The average Bonchev–Trinajstić information content (AvgIpc) is 2.69. The van der Waals surface area contributed by atoms with Gasteiger partial charge in [0.15, 0.2) is 0 Å². The molecule has 0 bridgehead atoms. The first-order valence-electron chi connectivity index (χ1n) is 5.36. The van der Waals surface area contributed by atoms with E-state index in [-0.39, 0.29) is 5.82 Å². The molecule has 0 saturated carbocycles. The SMILES string of the molecule is Cc1ccc(CNCc2c(F)cccc2Cl)o1. The van der Waals surface area contributed by atoms with Gasteiger partial charge >= 0.3 is 0 Å². The zero-order chi connectivity index (χ0) is 12.3. The van der Waals surface area contributed by atoms with Crippen LogP contribution in [0, 0.1) is 12.7 Å². The molecule has 0 aliphatic heterocycles. The van der Waals surface area contributed by atoms with Gasteiger partial charge in [-0.3, -0.25) is 0 Å². The minimum absolute atomic E-state index is 0.291. The second-order valence-electron chi connectivity index (χ2n) is 3.82. The van der Waals surface area contributed by atoms with Crippen molar-refractivity contribution in [1.29, 1.82) is 0 Å². The van der Waals surface area contributed by atoms with Gasteiger partial charge in [-0.15, -0.1) is 0 Å². The molecule has 1 aromatic carbocycles. The molecule has 0 aliphatic carbocycles. The summed E-state index contributed by atoms with van der Waals surface area (Å²) in [6.45, 7) is 2.82. The molecule has 0 atom stereocenters. The predicted octanol–water partition coefficient (Wildman–Crippen LogP) is 3.67. The summed E-state index contributed by atoms with van der Waals surface area (Å²) >= 11 is 5.91. The van der Waals surface area contributed by atoms with E-state index >= 15 is 0 Å². The van der Waals surface area contributed by atoms with Crippen LogP contribution in [0.3, 0.4) is 0 Å². The lowest BCUT2D eigenvalue weighted by atomic mass is 10.2. The molecular formula is C13H13ClFNO. The summed E-state index contributed by atoms with van der Waals surface area (Å²) in [6.07, 6.45) is 0. The van der Waals surface area contributed by atoms with Crippen molar-refractivity contribution in [3.8, 4) is 0 Å². The molecule has 0 fully saturated rings. The number of hydrogen-bond donors (Lipinski definition) is 1. The quantitative estimate of drug-likeness (QED) is 0.899. The monoisotopic (exact) mass is 253 g/mol. The first-order valence-corrected chi connectivity index (χ1v) is 5.73. The van der Waals surface area contributed by atoms with Crippen LogP contribution in [0.4, 0.5) is 4.39 Å². The van der Waals surface area contributed by atoms with Gasteiger partial charge in [0, 0.05) is 17.1 Å². The second kappa shape index (κ2) is 5.34. The largest absolute Gasteiger partial charge is 0.465 e. The van der Waals surface area contributed by atoms with Gasteiger partial charge in [-0.05, 0) is 31.2 Å². The minimum Gasteiger partial charge on any atom is -0.465 e. The minimum atomic E-state index is -0.291. The van der Waals surface area contributed by atoms with E-state index in [1.54, 1.807) is 12.1 Å². The van der Waals surface area contributed by atoms with Crippen molar-refractivity contribution in [3.05, 3.63) is 58.3 Å². The van der Waals surface area contributed by atoms with Gasteiger partial charge in [-0.2, -0.15) is 0 Å². The summed E-state index contributed by atoms with van der Waals surface area (Å²) in [5.74, 6) is 1.40. The summed E-state index contributed by atoms with van der Waals surface area (Å²) in [6, 6.07) is 8.47. The van der Waals surface area contributed by atoms with E-state index in [4.69, 9.17) is 16.0 Å². The Balaban J connectivity index is 1.94. The van der Waals surface area contributed by atoms with Crippen LogP contribution in [0.15, 0.2) is 34.7 Å². The first-order chi connectivity index (χ1) is 8.16. The molecule has 90 valence electrons. The van der Waals surface area contributed by atoms with Crippen molar-refractivity contribution >= 4 is 11.6 Å². The lowest BCUT2D eigenvalue weighted by Gasteiger charge is -2.06. The zero-order valence-electron chi connectivity index (χ0n) is 9.47. The number of halogens is 2. The lowest BCUT2D eigenvalue weighted by molar-refractivity contribution is 0.459. The molecule has 2 aromatic rings. The summed E-state index contributed by atoms with van der Waals surface area (Å²) in [5, 5.41) is 3.53. The Kier molecular flexibility index (Phi) is 3.82. The van der Waals surface area contributed by atoms with Crippen molar-refractivity contribution in [2.75, 3.05) is 0 Å². The van der Waals surface area contributed by atoms with Crippen LogP contribution in [0.25, 0.3) is 0 Å². The highest BCUT2D eigenvalue weighted by atomic mass is 35.5. The van der Waals surface area contributed by atoms with Gasteiger partial charge in [0.2, 0.25) is 0 Å². The fourth-order valence-electron chi connectivity index (χ4n) is 1.59. The summed E-state index contributed by atoms with van der Waals surface area (Å²) in [5.41, 5.74) is 0.484. The van der Waals surface area contributed by atoms with E-state index in [1.807, 2.05) is 19.1 Å². The van der Waals surface area contributed by atoms with Crippen LogP contribution in [0.5, 0.6) is 0 Å². The molecule has 17 heavy (non-hydrogen) atoms. The summed E-state index contributed by atoms with van der Waals surface area (Å²) < 4.78 is 18.8. The first kappa shape index (κ1) is 12.1. The average molecular weight is 254 g/mol. The molecule has 4 heteroatoms. The second-order valence-corrected chi connectivity index (χ2v) is 4.22. The maximum atomic E-state index is 13.4. The normalized spacial score (nSPS) is 10.8. The van der Waals surface area contributed by atoms with Crippen LogP contribution in [0.2, 0.25) is 5.02 Å². The zero-order valence-corrected chi connectivity index (χ0v) is 10.2. The van der Waals surface area contributed by atoms with E-state index in [2.05, 4.69) is 5.32 Å². The Labute approximate surface area is 104 Å². The molecule has 0 radical (unpaired) electrons. The Morgan fingerprint density at radius 1 is 1.24 bits per heavy atom. The van der Waals surface area contributed by atoms with Crippen molar-refractivity contribution in [2.24, 2.45) is 0 Å². The number of aryl methyl sites for hydroxylation is 1. The standard InChI is InChI=1S/C13H13ClFNO/c1-9-5-6-10(17-9)7-16-8-11-12(14)3-2-4-13(11)15/h2-6,16H,7-8H2,1H3. The van der Waals surface area contributed by atoms with E-state index in [1.165, 1.54) is 6.07 Å². The maximum absolute atomic E-state index is 13.4. The molecule has 1 heterocycles. The molecule has 2 rings (SSSR count). The highest BCUT2D eigenvalue weighted by Gasteiger charge is 2.06. The highest BCUT2D eigenvalue weighted by molar-refractivity contribution is 6.31. The Bertz CT molecular complexity index is 490. The van der Waals surface area contributed by atoms with Crippen LogP contribution < -0.4 is 5.32 Å².